The number of hydrogen-bond acceptors (Lipinski definition) is 2. The van der Waals surface area contributed by atoms with Crippen LogP contribution in [-0.4, -0.2) is 11.1 Å². The zero-order valence-corrected chi connectivity index (χ0v) is 12.6. The van der Waals surface area contributed by atoms with Gasteiger partial charge in [-0.25, -0.2) is 0 Å². The van der Waals surface area contributed by atoms with Gasteiger partial charge in [-0.1, -0.05) is 48.0 Å². The van der Waals surface area contributed by atoms with E-state index in [9.17, 15) is 4.79 Å². The van der Waals surface area contributed by atoms with Crippen LogP contribution in [0.25, 0.3) is 0 Å². The van der Waals surface area contributed by atoms with E-state index in [0.717, 1.165) is 16.7 Å². The number of benzene rings is 2. The summed E-state index contributed by atoms with van der Waals surface area (Å²) in [5.74, 6) is -0.815. The van der Waals surface area contributed by atoms with Gasteiger partial charge in [0.15, 0.2) is 0 Å². The lowest BCUT2D eigenvalue weighted by Gasteiger charge is -2.16. The monoisotopic (exact) mass is 303 g/mol. The number of hydrogen-bond donors (Lipinski definition) is 2. The van der Waals surface area contributed by atoms with Gasteiger partial charge < -0.3 is 10.4 Å². The van der Waals surface area contributed by atoms with Crippen molar-refractivity contribution in [2.24, 2.45) is 0 Å². The molecule has 0 saturated carbocycles. The van der Waals surface area contributed by atoms with E-state index in [0.29, 0.717) is 11.6 Å². The fraction of sp³-hybridized carbons (Fsp3) is 0.235. The summed E-state index contributed by atoms with van der Waals surface area (Å²) in [4.78, 5) is 10.9. The van der Waals surface area contributed by atoms with Gasteiger partial charge in [-0.2, -0.15) is 0 Å². The first-order valence-corrected chi connectivity index (χ1v) is 7.21. The Labute approximate surface area is 129 Å². The number of nitrogens with one attached hydrogen (secondary N) is 1. The van der Waals surface area contributed by atoms with E-state index in [1.54, 1.807) is 0 Å². The summed E-state index contributed by atoms with van der Waals surface area (Å²) in [7, 11) is 0. The van der Waals surface area contributed by atoms with E-state index in [4.69, 9.17) is 16.7 Å². The van der Waals surface area contributed by atoms with Gasteiger partial charge >= 0.3 is 5.97 Å². The maximum atomic E-state index is 10.9. The molecule has 2 aromatic rings. The third-order valence-corrected chi connectivity index (χ3v) is 3.64. The lowest BCUT2D eigenvalue weighted by molar-refractivity contribution is -0.136. The molecule has 0 heterocycles. The van der Waals surface area contributed by atoms with Crippen molar-refractivity contribution >= 4 is 17.6 Å². The van der Waals surface area contributed by atoms with Crippen LogP contribution in [0.1, 0.15) is 29.7 Å². The fourth-order valence-electron chi connectivity index (χ4n) is 2.22. The summed E-state index contributed by atoms with van der Waals surface area (Å²) in [6, 6.07) is 15.5. The molecule has 3 nitrogen and oxygen atoms in total. The van der Waals surface area contributed by atoms with Gasteiger partial charge in [0.1, 0.15) is 0 Å². The van der Waals surface area contributed by atoms with Gasteiger partial charge in [0.2, 0.25) is 0 Å². The minimum Gasteiger partial charge on any atom is -0.481 e. The summed E-state index contributed by atoms with van der Waals surface area (Å²) in [5, 5.41) is 13.1. The van der Waals surface area contributed by atoms with Gasteiger partial charge in [-0.3, -0.25) is 4.79 Å². The average molecular weight is 304 g/mol. The molecule has 2 rings (SSSR count). The molecule has 2 aromatic carbocycles. The summed E-state index contributed by atoms with van der Waals surface area (Å²) in [6.07, 6.45) is 0.0450. The van der Waals surface area contributed by atoms with Crippen molar-refractivity contribution in [1.82, 2.24) is 5.32 Å². The highest BCUT2D eigenvalue weighted by Gasteiger charge is 2.09. The first-order valence-electron chi connectivity index (χ1n) is 6.83. The zero-order valence-electron chi connectivity index (χ0n) is 11.8. The summed E-state index contributed by atoms with van der Waals surface area (Å²) >= 11 is 6.00. The van der Waals surface area contributed by atoms with Crippen molar-refractivity contribution in [2.45, 2.75) is 25.9 Å². The van der Waals surface area contributed by atoms with E-state index >= 15 is 0 Å². The predicted molar refractivity (Wildman–Crippen MR) is 84.5 cm³/mol. The molecule has 0 aromatic heterocycles. The van der Waals surface area contributed by atoms with Crippen LogP contribution in [0.5, 0.6) is 0 Å². The molecule has 0 aliphatic heterocycles. The van der Waals surface area contributed by atoms with Crippen LogP contribution in [0.4, 0.5) is 0 Å². The second-order valence-electron chi connectivity index (χ2n) is 5.00. The Morgan fingerprint density at radius 1 is 1.19 bits per heavy atom. The molecule has 0 bridgehead atoms. The van der Waals surface area contributed by atoms with Gasteiger partial charge in [0.05, 0.1) is 6.42 Å². The predicted octanol–water partition coefficient (Wildman–Crippen LogP) is 3.82. The van der Waals surface area contributed by atoms with Crippen LogP contribution in [0, 0.1) is 0 Å². The van der Waals surface area contributed by atoms with Crippen molar-refractivity contribution in [2.75, 3.05) is 0 Å². The maximum Gasteiger partial charge on any atom is 0.307 e. The maximum absolute atomic E-state index is 10.9. The molecular formula is C17H18ClNO2. The van der Waals surface area contributed by atoms with Crippen molar-refractivity contribution in [3.63, 3.8) is 0 Å². The third kappa shape index (κ3) is 4.59. The van der Waals surface area contributed by atoms with Crippen molar-refractivity contribution < 1.29 is 9.90 Å². The molecule has 1 atom stereocenters. The number of carboxylic acid groups (broad SMARTS) is 1. The SMILES string of the molecule is C[C@@H](NCc1ccccc1CC(=O)O)c1cccc(Cl)c1. The van der Waals surface area contributed by atoms with Gasteiger partial charge in [-0.05, 0) is 35.7 Å². The molecule has 0 amide bonds. The molecule has 0 saturated heterocycles. The second-order valence-corrected chi connectivity index (χ2v) is 5.43. The highest BCUT2D eigenvalue weighted by molar-refractivity contribution is 6.30. The van der Waals surface area contributed by atoms with Gasteiger partial charge in [0.25, 0.3) is 0 Å². The topological polar surface area (TPSA) is 49.3 Å². The quantitative estimate of drug-likeness (QED) is 0.853. The molecule has 4 heteroatoms. The van der Waals surface area contributed by atoms with Gasteiger partial charge in [0, 0.05) is 17.6 Å². The minimum absolute atomic E-state index is 0.0450. The minimum atomic E-state index is -0.815. The number of rotatable bonds is 6. The van der Waals surface area contributed by atoms with E-state index in [2.05, 4.69) is 12.2 Å². The standard InChI is InChI=1S/C17H18ClNO2/c1-12(13-7-4-8-16(18)9-13)19-11-15-6-3-2-5-14(15)10-17(20)21/h2-9,12,19H,10-11H2,1H3,(H,20,21)/t12-/m1/s1. The van der Waals surface area contributed by atoms with Crippen molar-refractivity contribution in [1.29, 1.82) is 0 Å². The van der Waals surface area contributed by atoms with Crippen LogP contribution in [0.3, 0.4) is 0 Å². The van der Waals surface area contributed by atoms with Crippen molar-refractivity contribution in [3.05, 3.63) is 70.2 Å². The third-order valence-electron chi connectivity index (χ3n) is 3.41. The Morgan fingerprint density at radius 2 is 1.90 bits per heavy atom. The van der Waals surface area contributed by atoms with E-state index in [-0.39, 0.29) is 12.5 Å². The molecule has 110 valence electrons. The number of carboxylic acids is 1. The Morgan fingerprint density at radius 3 is 2.57 bits per heavy atom. The largest absolute Gasteiger partial charge is 0.481 e. The van der Waals surface area contributed by atoms with E-state index in [1.165, 1.54) is 0 Å². The Bertz CT molecular complexity index is 628. The van der Waals surface area contributed by atoms with Crippen molar-refractivity contribution in [3.8, 4) is 0 Å². The summed E-state index contributed by atoms with van der Waals surface area (Å²) in [6.45, 7) is 2.68. The van der Waals surface area contributed by atoms with E-state index in [1.807, 2.05) is 48.5 Å². The molecule has 0 spiro atoms. The zero-order chi connectivity index (χ0) is 15.2. The number of aliphatic carboxylic acids is 1. The Hall–Kier alpha value is -1.84. The second kappa shape index (κ2) is 7.25. The van der Waals surface area contributed by atoms with Crippen LogP contribution in [-0.2, 0) is 17.8 Å². The first-order chi connectivity index (χ1) is 10.1. The van der Waals surface area contributed by atoms with Crippen LogP contribution in [0.2, 0.25) is 5.02 Å². The lowest BCUT2D eigenvalue weighted by Crippen LogP contribution is -2.19. The molecular weight excluding hydrogens is 286 g/mol. The normalized spacial score (nSPS) is 12.1. The Kier molecular flexibility index (Phi) is 5.37. The summed E-state index contributed by atoms with van der Waals surface area (Å²) < 4.78 is 0. The number of carbonyl (C=O) groups is 1. The van der Waals surface area contributed by atoms with Gasteiger partial charge in [-0.15, -0.1) is 0 Å². The highest BCUT2D eigenvalue weighted by atomic mass is 35.5. The number of halogens is 1. The van der Waals surface area contributed by atoms with E-state index < -0.39 is 5.97 Å². The molecule has 0 radical (unpaired) electrons. The average Bonchev–Trinajstić information content (AvgIpc) is 2.45. The highest BCUT2D eigenvalue weighted by Crippen LogP contribution is 2.18. The molecule has 2 N–H and O–H groups in total. The van der Waals surface area contributed by atoms with Crippen LogP contribution in [0.15, 0.2) is 48.5 Å². The molecule has 0 aliphatic carbocycles. The van der Waals surface area contributed by atoms with Crippen LogP contribution < -0.4 is 5.32 Å². The first kappa shape index (κ1) is 15.5. The fourth-order valence-corrected chi connectivity index (χ4v) is 2.42. The Balaban J connectivity index is 2.04. The molecule has 0 fully saturated rings. The summed E-state index contributed by atoms with van der Waals surface area (Å²) in [5.41, 5.74) is 2.96. The molecule has 0 unspecified atom stereocenters. The molecule has 0 aliphatic rings. The molecule has 21 heavy (non-hydrogen) atoms. The smallest absolute Gasteiger partial charge is 0.307 e. The lowest BCUT2D eigenvalue weighted by atomic mass is 10.0. The van der Waals surface area contributed by atoms with Crippen LogP contribution >= 0.6 is 11.6 Å².